The lowest BCUT2D eigenvalue weighted by Crippen LogP contribution is -2.30. The molecule has 2 aromatic rings. The standard InChI is InChI=1S/C20H19ClN2O3S/c1-3-26-18-11-13(8-9-17(18)25-2)10-16-19(24)23(20(27)22-16)12-14-6-4-5-7-15(14)21/h4-11H,3,12H2,1-2H3,(H,22,27)/b16-10-. The predicted molar refractivity (Wildman–Crippen MR) is 110 cm³/mol. The highest BCUT2D eigenvalue weighted by atomic mass is 35.5. The van der Waals surface area contributed by atoms with Gasteiger partial charge >= 0.3 is 0 Å². The second-order valence-corrected chi connectivity index (χ2v) is 6.61. The lowest BCUT2D eigenvalue weighted by Gasteiger charge is -2.14. The van der Waals surface area contributed by atoms with Crippen LogP contribution in [0.25, 0.3) is 6.08 Å². The van der Waals surface area contributed by atoms with Crippen LogP contribution in [0, 0.1) is 0 Å². The SMILES string of the molecule is CCOc1cc(/C=C2\NC(=S)N(Cc3ccccc3Cl)C2=O)ccc1OC. The third kappa shape index (κ3) is 4.23. The van der Waals surface area contributed by atoms with Crippen LogP contribution in [-0.4, -0.2) is 29.6 Å². The number of amides is 1. The zero-order chi connectivity index (χ0) is 19.4. The van der Waals surface area contributed by atoms with E-state index in [-0.39, 0.29) is 5.91 Å². The van der Waals surface area contributed by atoms with Crippen LogP contribution < -0.4 is 14.8 Å². The smallest absolute Gasteiger partial charge is 0.276 e. The maximum atomic E-state index is 12.8. The molecule has 0 bridgehead atoms. The summed E-state index contributed by atoms with van der Waals surface area (Å²) in [7, 11) is 1.59. The van der Waals surface area contributed by atoms with Crippen molar-refractivity contribution in [3.63, 3.8) is 0 Å². The topological polar surface area (TPSA) is 50.8 Å². The first kappa shape index (κ1) is 19.2. The summed E-state index contributed by atoms with van der Waals surface area (Å²) in [6.45, 7) is 2.73. The Kier molecular flexibility index (Phi) is 5.98. The van der Waals surface area contributed by atoms with Crippen molar-refractivity contribution in [3.05, 3.63) is 64.3 Å². The van der Waals surface area contributed by atoms with Crippen LogP contribution in [0.5, 0.6) is 11.5 Å². The van der Waals surface area contributed by atoms with Crippen LogP contribution >= 0.6 is 23.8 Å². The molecule has 0 aliphatic carbocycles. The van der Waals surface area contributed by atoms with Crippen molar-refractivity contribution in [2.24, 2.45) is 0 Å². The Balaban J connectivity index is 1.84. The molecule has 2 aromatic carbocycles. The van der Waals surface area contributed by atoms with E-state index >= 15 is 0 Å². The summed E-state index contributed by atoms with van der Waals surface area (Å²) in [4.78, 5) is 14.3. The molecule has 0 atom stereocenters. The minimum Gasteiger partial charge on any atom is -0.493 e. The first-order chi connectivity index (χ1) is 13.0. The van der Waals surface area contributed by atoms with Gasteiger partial charge in [0, 0.05) is 5.02 Å². The Morgan fingerprint density at radius 1 is 1.22 bits per heavy atom. The summed E-state index contributed by atoms with van der Waals surface area (Å²) in [5, 5.41) is 3.93. The maximum absolute atomic E-state index is 12.8. The Labute approximate surface area is 168 Å². The number of ether oxygens (including phenoxy) is 2. The Morgan fingerprint density at radius 2 is 2.00 bits per heavy atom. The molecule has 0 saturated carbocycles. The number of carbonyl (C=O) groups is 1. The van der Waals surface area contributed by atoms with Crippen LogP contribution in [-0.2, 0) is 11.3 Å². The number of hydrogen-bond donors (Lipinski definition) is 1. The zero-order valence-electron chi connectivity index (χ0n) is 15.0. The van der Waals surface area contributed by atoms with E-state index in [0.29, 0.717) is 40.5 Å². The average molecular weight is 403 g/mol. The van der Waals surface area contributed by atoms with Crippen molar-refractivity contribution < 1.29 is 14.3 Å². The van der Waals surface area contributed by atoms with Gasteiger partial charge in [0.05, 0.1) is 20.3 Å². The van der Waals surface area contributed by atoms with Gasteiger partial charge in [-0.2, -0.15) is 0 Å². The van der Waals surface area contributed by atoms with E-state index < -0.39 is 0 Å². The first-order valence-corrected chi connectivity index (χ1v) is 9.21. The predicted octanol–water partition coefficient (Wildman–Crippen LogP) is 4.01. The fourth-order valence-electron chi connectivity index (χ4n) is 2.73. The van der Waals surface area contributed by atoms with Crippen molar-refractivity contribution >= 4 is 40.9 Å². The number of carbonyl (C=O) groups excluding carboxylic acids is 1. The largest absolute Gasteiger partial charge is 0.493 e. The molecular weight excluding hydrogens is 384 g/mol. The van der Waals surface area contributed by atoms with E-state index in [2.05, 4.69) is 5.32 Å². The Hall–Kier alpha value is -2.57. The lowest BCUT2D eigenvalue weighted by molar-refractivity contribution is -0.122. The summed E-state index contributed by atoms with van der Waals surface area (Å²) in [5.74, 6) is 1.06. The summed E-state index contributed by atoms with van der Waals surface area (Å²) >= 11 is 11.5. The second-order valence-electron chi connectivity index (χ2n) is 5.81. The van der Waals surface area contributed by atoms with Crippen LogP contribution in [0.2, 0.25) is 5.02 Å². The maximum Gasteiger partial charge on any atom is 0.276 e. The van der Waals surface area contributed by atoms with E-state index in [1.807, 2.05) is 37.3 Å². The highest BCUT2D eigenvalue weighted by Gasteiger charge is 2.31. The molecule has 27 heavy (non-hydrogen) atoms. The van der Waals surface area contributed by atoms with Crippen LogP contribution in [0.15, 0.2) is 48.2 Å². The molecule has 1 amide bonds. The van der Waals surface area contributed by atoms with Gasteiger partial charge in [0.15, 0.2) is 16.6 Å². The first-order valence-electron chi connectivity index (χ1n) is 8.42. The summed E-state index contributed by atoms with van der Waals surface area (Å²) in [6.07, 6.45) is 1.74. The van der Waals surface area contributed by atoms with Gasteiger partial charge in [0.2, 0.25) is 0 Å². The molecule has 0 aromatic heterocycles. The number of nitrogens with zero attached hydrogens (tertiary/aromatic N) is 1. The Morgan fingerprint density at radius 3 is 2.70 bits per heavy atom. The highest BCUT2D eigenvalue weighted by Crippen LogP contribution is 2.29. The van der Waals surface area contributed by atoms with Crippen LogP contribution in [0.1, 0.15) is 18.1 Å². The number of methoxy groups -OCH3 is 1. The molecular formula is C20H19ClN2O3S. The van der Waals surface area contributed by atoms with E-state index in [9.17, 15) is 4.79 Å². The molecule has 5 nitrogen and oxygen atoms in total. The van der Waals surface area contributed by atoms with Crippen molar-refractivity contribution in [2.75, 3.05) is 13.7 Å². The fraction of sp³-hybridized carbons (Fsp3) is 0.200. The molecule has 0 unspecified atom stereocenters. The third-order valence-corrected chi connectivity index (χ3v) is 4.74. The number of benzene rings is 2. The molecule has 1 saturated heterocycles. The van der Waals surface area contributed by atoms with Gasteiger partial charge < -0.3 is 14.8 Å². The van der Waals surface area contributed by atoms with Gasteiger partial charge in [-0.1, -0.05) is 35.9 Å². The van der Waals surface area contributed by atoms with Crippen LogP contribution in [0.4, 0.5) is 0 Å². The van der Waals surface area contributed by atoms with Gasteiger partial charge in [-0.3, -0.25) is 9.69 Å². The number of rotatable bonds is 6. The number of nitrogens with one attached hydrogen (secondary N) is 1. The molecule has 0 spiro atoms. The molecule has 7 heteroatoms. The van der Waals surface area contributed by atoms with Gasteiger partial charge in [-0.05, 0) is 54.5 Å². The molecule has 140 valence electrons. The quantitative estimate of drug-likeness (QED) is 0.584. The minimum absolute atomic E-state index is 0.200. The van der Waals surface area contributed by atoms with Gasteiger partial charge in [-0.15, -0.1) is 0 Å². The normalized spacial score (nSPS) is 15.2. The summed E-state index contributed by atoms with van der Waals surface area (Å²) in [5.41, 5.74) is 2.04. The summed E-state index contributed by atoms with van der Waals surface area (Å²) < 4.78 is 10.9. The average Bonchev–Trinajstić information content (AvgIpc) is 2.91. The van der Waals surface area contributed by atoms with E-state index in [1.165, 1.54) is 4.90 Å². The number of hydrogen-bond acceptors (Lipinski definition) is 4. The monoisotopic (exact) mass is 402 g/mol. The number of thiocarbonyl (C=S) groups is 1. The minimum atomic E-state index is -0.200. The van der Waals surface area contributed by atoms with Crippen molar-refractivity contribution in [3.8, 4) is 11.5 Å². The van der Waals surface area contributed by atoms with Gasteiger partial charge in [-0.25, -0.2) is 0 Å². The third-order valence-electron chi connectivity index (χ3n) is 4.05. The lowest BCUT2D eigenvalue weighted by atomic mass is 10.1. The molecule has 3 rings (SSSR count). The molecule has 1 N–H and O–H groups in total. The van der Waals surface area contributed by atoms with Crippen molar-refractivity contribution in [1.29, 1.82) is 0 Å². The molecule has 0 radical (unpaired) electrons. The zero-order valence-corrected chi connectivity index (χ0v) is 16.6. The van der Waals surface area contributed by atoms with E-state index in [1.54, 1.807) is 25.3 Å². The van der Waals surface area contributed by atoms with Gasteiger partial charge in [0.1, 0.15) is 5.70 Å². The van der Waals surface area contributed by atoms with E-state index in [4.69, 9.17) is 33.3 Å². The second kappa shape index (κ2) is 8.41. The fourth-order valence-corrected chi connectivity index (χ4v) is 3.18. The van der Waals surface area contributed by atoms with Gasteiger partial charge in [0.25, 0.3) is 5.91 Å². The number of halogens is 1. The van der Waals surface area contributed by atoms with Crippen molar-refractivity contribution in [1.82, 2.24) is 10.2 Å². The highest BCUT2D eigenvalue weighted by molar-refractivity contribution is 7.80. The molecule has 1 fully saturated rings. The molecule has 1 heterocycles. The summed E-state index contributed by atoms with van der Waals surface area (Å²) in [6, 6.07) is 12.9. The molecule has 1 aliphatic rings. The van der Waals surface area contributed by atoms with E-state index in [0.717, 1.165) is 11.1 Å². The van der Waals surface area contributed by atoms with Crippen molar-refractivity contribution in [2.45, 2.75) is 13.5 Å². The Bertz CT molecular complexity index is 914. The van der Waals surface area contributed by atoms with Crippen LogP contribution in [0.3, 0.4) is 0 Å². The molecule has 1 aliphatic heterocycles.